The summed E-state index contributed by atoms with van der Waals surface area (Å²) in [6.45, 7) is 0. The van der Waals surface area contributed by atoms with Crippen LogP contribution < -0.4 is 0 Å². The molecule has 0 unspecified atom stereocenters. The van der Waals surface area contributed by atoms with Gasteiger partial charge < -0.3 is 0 Å². The maximum atomic E-state index is 12.8. The van der Waals surface area contributed by atoms with Gasteiger partial charge in [0.25, 0.3) is 0 Å². The molecule has 7 heteroatoms. The SMILES string of the molecule is O=Cc1cc(-c2ccccc2Br)n(S(=O)(=O)CC=Cc2cccnc2)c1. The molecule has 0 N–H and O–H groups in total. The Balaban J connectivity index is 1.97. The van der Waals surface area contributed by atoms with E-state index in [0.29, 0.717) is 23.1 Å². The van der Waals surface area contributed by atoms with E-state index in [1.165, 1.54) is 6.20 Å². The highest BCUT2D eigenvalue weighted by Crippen LogP contribution is 2.30. The first kappa shape index (κ1) is 18.3. The number of carbonyl (C=O) groups excluding carboxylic acids is 1. The molecule has 0 radical (unpaired) electrons. The molecule has 26 heavy (non-hydrogen) atoms. The smallest absolute Gasteiger partial charge is 0.242 e. The van der Waals surface area contributed by atoms with Gasteiger partial charge in [0.2, 0.25) is 10.0 Å². The van der Waals surface area contributed by atoms with Gasteiger partial charge in [-0.1, -0.05) is 52.3 Å². The van der Waals surface area contributed by atoms with Crippen LogP contribution in [0.5, 0.6) is 0 Å². The predicted octanol–water partition coefficient (Wildman–Crippen LogP) is 4.02. The summed E-state index contributed by atoms with van der Waals surface area (Å²) in [5.41, 5.74) is 2.25. The van der Waals surface area contributed by atoms with Crippen molar-refractivity contribution >= 4 is 38.3 Å². The minimum atomic E-state index is -3.69. The van der Waals surface area contributed by atoms with E-state index in [-0.39, 0.29) is 5.75 Å². The molecule has 0 amide bonds. The number of nitrogens with zero attached hydrogens (tertiary/aromatic N) is 2. The normalized spacial score (nSPS) is 11.7. The number of halogens is 1. The minimum absolute atomic E-state index is 0.202. The highest BCUT2D eigenvalue weighted by Gasteiger charge is 2.19. The van der Waals surface area contributed by atoms with Gasteiger partial charge in [0.05, 0.1) is 11.4 Å². The zero-order valence-electron chi connectivity index (χ0n) is 13.6. The molecule has 132 valence electrons. The van der Waals surface area contributed by atoms with Crippen LogP contribution in [0.25, 0.3) is 17.3 Å². The Bertz CT molecular complexity index is 1060. The molecule has 0 fully saturated rings. The standard InChI is InChI=1S/C19H15BrN2O3S/c20-18-8-2-1-7-17(18)19-11-16(14-23)13-22(19)26(24,25)10-4-6-15-5-3-9-21-12-15/h1-9,11-14H,10H2. The highest BCUT2D eigenvalue weighted by atomic mass is 79.9. The molecule has 2 aromatic heterocycles. The van der Waals surface area contributed by atoms with Crippen molar-refractivity contribution in [2.24, 2.45) is 0 Å². The lowest BCUT2D eigenvalue weighted by Gasteiger charge is -2.10. The Morgan fingerprint density at radius 2 is 1.92 bits per heavy atom. The van der Waals surface area contributed by atoms with Crippen molar-refractivity contribution < 1.29 is 13.2 Å². The van der Waals surface area contributed by atoms with Gasteiger partial charge in [-0.2, -0.15) is 0 Å². The molecule has 0 aliphatic rings. The van der Waals surface area contributed by atoms with Crippen molar-refractivity contribution in [3.63, 3.8) is 0 Å². The molecule has 0 spiro atoms. The summed E-state index contributed by atoms with van der Waals surface area (Å²) >= 11 is 3.43. The van der Waals surface area contributed by atoms with E-state index in [1.54, 1.807) is 42.7 Å². The third kappa shape index (κ3) is 4.00. The van der Waals surface area contributed by atoms with E-state index >= 15 is 0 Å². The maximum Gasteiger partial charge on any atom is 0.242 e. The van der Waals surface area contributed by atoms with Gasteiger partial charge in [0.1, 0.15) is 0 Å². The van der Waals surface area contributed by atoms with Crippen LogP contribution in [0.15, 0.2) is 71.6 Å². The number of benzene rings is 1. The molecular formula is C19H15BrN2O3S. The Morgan fingerprint density at radius 3 is 2.62 bits per heavy atom. The zero-order valence-corrected chi connectivity index (χ0v) is 16.0. The monoisotopic (exact) mass is 430 g/mol. The minimum Gasteiger partial charge on any atom is -0.298 e. The number of carbonyl (C=O) groups is 1. The molecule has 0 atom stereocenters. The van der Waals surface area contributed by atoms with Gasteiger partial charge >= 0.3 is 0 Å². The average Bonchev–Trinajstić information content (AvgIpc) is 3.08. The number of hydrogen-bond donors (Lipinski definition) is 0. The first-order valence-electron chi connectivity index (χ1n) is 7.73. The molecule has 0 saturated carbocycles. The summed E-state index contributed by atoms with van der Waals surface area (Å²) in [6.07, 6.45) is 8.55. The lowest BCUT2D eigenvalue weighted by atomic mass is 10.1. The van der Waals surface area contributed by atoms with Crippen LogP contribution in [0.4, 0.5) is 0 Å². The van der Waals surface area contributed by atoms with Crippen LogP contribution in [-0.2, 0) is 10.0 Å². The second-order valence-electron chi connectivity index (χ2n) is 5.52. The fourth-order valence-corrected chi connectivity index (χ4v) is 4.21. The molecule has 2 heterocycles. The van der Waals surface area contributed by atoms with Gasteiger partial charge in [0, 0.05) is 34.2 Å². The quantitative estimate of drug-likeness (QED) is 0.553. The van der Waals surface area contributed by atoms with Crippen LogP contribution in [0.1, 0.15) is 15.9 Å². The Kier molecular flexibility index (Phi) is 5.49. The molecule has 5 nitrogen and oxygen atoms in total. The zero-order chi connectivity index (χ0) is 18.6. The number of rotatable bonds is 6. The van der Waals surface area contributed by atoms with E-state index in [0.717, 1.165) is 14.0 Å². The molecule has 3 aromatic rings. The van der Waals surface area contributed by atoms with E-state index in [4.69, 9.17) is 0 Å². The van der Waals surface area contributed by atoms with Crippen molar-refractivity contribution in [1.29, 1.82) is 0 Å². The Morgan fingerprint density at radius 1 is 1.12 bits per heavy atom. The predicted molar refractivity (Wildman–Crippen MR) is 105 cm³/mol. The Hall–Kier alpha value is -2.51. The molecule has 0 saturated heterocycles. The number of pyridine rings is 1. The van der Waals surface area contributed by atoms with Crippen molar-refractivity contribution in [2.75, 3.05) is 5.75 Å². The summed E-state index contributed by atoms with van der Waals surface area (Å²) in [5, 5.41) is 0. The highest BCUT2D eigenvalue weighted by molar-refractivity contribution is 9.10. The van der Waals surface area contributed by atoms with Crippen LogP contribution in [0.3, 0.4) is 0 Å². The fourth-order valence-electron chi connectivity index (χ4n) is 2.48. The second kappa shape index (κ2) is 7.80. The lowest BCUT2D eigenvalue weighted by molar-refractivity contribution is 0.112. The van der Waals surface area contributed by atoms with Crippen molar-refractivity contribution in [3.8, 4) is 11.3 Å². The third-order valence-corrected chi connectivity index (χ3v) is 5.90. The van der Waals surface area contributed by atoms with E-state index in [9.17, 15) is 13.2 Å². The van der Waals surface area contributed by atoms with Crippen molar-refractivity contribution in [1.82, 2.24) is 8.96 Å². The molecule has 0 aliphatic heterocycles. The summed E-state index contributed by atoms with van der Waals surface area (Å²) in [6, 6.07) is 12.5. The molecule has 1 aromatic carbocycles. The largest absolute Gasteiger partial charge is 0.298 e. The summed E-state index contributed by atoms with van der Waals surface area (Å²) in [7, 11) is -3.69. The van der Waals surface area contributed by atoms with Gasteiger partial charge in [0.15, 0.2) is 6.29 Å². The van der Waals surface area contributed by atoms with Crippen LogP contribution in [0, 0.1) is 0 Å². The van der Waals surface area contributed by atoms with Crippen LogP contribution in [-0.4, -0.2) is 29.4 Å². The van der Waals surface area contributed by atoms with E-state index in [1.807, 2.05) is 24.3 Å². The van der Waals surface area contributed by atoms with E-state index in [2.05, 4.69) is 20.9 Å². The lowest BCUT2D eigenvalue weighted by Crippen LogP contribution is -2.15. The van der Waals surface area contributed by atoms with E-state index < -0.39 is 10.0 Å². The first-order valence-corrected chi connectivity index (χ1v) is 10.1. The van der Waals surface area contributed by atoms with Gasteiger partial charge in [-0.05, 0) is 23.8 Å². The van der Waals surface area contributed by atoms with Crippen LogP contribution in [0.2, 0.25) is 0 Å². The topological polar surface area (TPSA) is 69.0 Å². The fraction of sp³-hybridized carbons (Fsp3) is 0.0526. The maximum absolute atomic E-state index is 12.8. The number of hydrogen-bond acceptors (Lipinski definition) is 4. The second-order valence-corrected chi connectivity index (χ2v) is 8.26. The summed E-state index contributed by atoms with van der Waals surface area (Å²) in [4.78, 5) is 15.2. The molecule has 3 rings (SSSR count). The van der Waals surface area contributed by atoms with Gasteiger partial charge in [-0.25, -0.2) is 12.4 Å². The molecule has 0 bridgehead atoms. The molecular weight excluding hydrogens is 416 g/mol. The van der Waals surface area contributed by atoms with Crippen molar-refractivity contribution in [3.05, 3.63) is 82.7 Å². The molecule has 0 aliphatic carbocycles. The van der Waals surface area contributed by atoms with Crippen LogP contribution >= 0.6 is 15.9 Å². The van der Waals surface area contributed by atoms with Crippen molar-refractivity contribution in [2.45, 2.75) is 0 Å². The number of aldehydes is 1. The van der Waals surface area contributed by atoms with Gasteiger partial charge in [-0.15, -0.1) is 0 Å². The number of aromatic nitrogens is 2. The first-order chi connectivity index (χ1) is 12.5. The third-order valence-electron chi connectivity index (χ3n) is 3.69. The average molecular weight is 431 g/mol. The Labute approximate surface area is 160 Å². The summed E-state index contributed by atoms with van der Waals surface area (Å²) < 4.78 is 27.5. The summed E-state index contributed by atoms with van der Waals surface area (Å²) in [5.74, 6) is -0.202. The van der Waals surface area contributed by atoms with Gasteiger partial charge in [-0.3, -0.25) is 9.78 Å².